The summed E-state index contributed by atoms with van der Waals surface area (Å²) < 4.78 is 5.20. The molecule has 15 heavy (non-hydrogen) atoms. The molecule has 1 saturated heterocycles. The van der Waals surface area contributed by atoms with Crippen molar-refractivity contribution >= 4 is 11.7 Å². The number of hydrogen-bond acceptors (Lipinski definition) is 4. The summed E-state index contributed by atoms with van der Waals surface area (Å²) in [5, 5.41) is 12.4. The lowest BCUT2D eigenvalue weighted by molar-refractivity contribution is -0.120. The quantitative estimate of drug-likeness (QED) is 0.623. The predicted octanol–water partition coefficient (Wildman–Crippen LogP) is -0.355. The molecule has 0 spiro atoms. The van der Waals surface area contributed by atoms with Crippen LogP contribution in [0.3, 0.4) is 0 Å². The molecule has 0 aromatic carbocycles. The highest BCUT2D eigenvalue weighted by molar-refractivity contribution is 5.94. The van der Waals surface area contributed by atoms with Crippen molar-refractivity contribution in [3.63, 3.8) is 0 Å². The van der Waals surface area contributed by atoms with E-state index in [-0.39, 0.29) is 11.9 Å². The molecule has 82 valence electrons. The molecule has 6 nitrogen and oxygen atoms in total. The molecular weight excluding hydrogens is 196 g/mol. The van der Waals surface area contributed by atoms with Gasteiger partial charge in [0.05, 0.1) is 19.4 Å². The number of anilines is 1. The molecule has 1 aliphatic heterocycles. The summed E-state index contributed by atoms with van der Waals surface area (Å²) in [5.74, 6) is 0.550. The van der Waals surface area contributed by atoms with Gasteiger partial charge in [-0.05, 0) is 6.92 Å². The molecule has 6 heteroatoms. The van der Waals surface area contributed by atoms with Gasteiger partial charge in [-0.25, -0.2) is 0 Å². The Hall–Kier alpha value is -1.40. The van der Waals surface area contributed by atoms with Crippen molar-refractivity contribution in [3.8, 4) is 0 Å². The maximum Gasteiger partial charge on any atom is 0.245 e. The Morgan fingerprint density at radius 2 is 2.60 bits per heavy atom. The average Bonchev–Trinajstić information content (AvgIpc) is 2.66. The zero-order valence-corrected chi connectivity index (χ0v) is 8.54. The molecule has 3 N–H and O–H groups in total. The fourth-order valence-corrected chi connectivity index (χ4v) is 1.42. The highest BCUT2D eigenvalue weighted by Gasteiger charge is 2.21. The third-order valence-electron chi connectivity index (χ3n) is 2.32. The number of aryl methyl sites for hydroxylation is 1. The molecule has 1 aromatic rings. The second kappa shape index (κ2) is 4.41. The Morgan fingerprint density at radius 3 is 3.20 bits per heavy atom. The first-order valence-corrected chi connectivity index (χ1v) is 4.89. The fraction of sp³-hybridized carbons (Fsp3) is 0.556. The second-order valence-corrected chi connectivity index (χ2v) is 3.50. The topological polar surface area (TPSA) is 79.0 Å². The number of morpholine rings is 1. The third kappa shape index (κ3) is 2.34. The van der Waals surface area contributed by atoms with Crippen LogP contribution >= 0.6 is 0 Å². The molecule has 1 aromatic heterocycles. The molecule has 0 saturated carbocycles. The maximum atomic E-state index is 11.7. The van der Waals surface area contributed by atoms with E-state index in [4.69, 9.17) is 4.74 Å². The van der Waals surface area contributed by atoms with Crippen LogP contribution in [0.2, 0.25) is 0 Å². The first kappa shape index (κ1) is 10.1. The Labute approximate surface area is 87.4 Å². The standard InChI is InChI=1S/C9H14N4O2/c1-6-4-11-13-8(6)12-9(14)7-5-15-3-2-10-7/h4,7,10H,2-3,5H2,1H3,(H2,11,12,13,14). The SMILES string of the molecule is Cc1cn[nH]c1NC(=O)C1COCCN1. The number of hydrogen-bond donors (Lipinski definition) is 3. The van der Waals surface area contributed by atoms with Crippen LogP contribution in [-0.4, -0.2) is 41.9 Å². The molecule has 1 aliphatic rings. The molecule has 1 unspecified atom stereocenters. The van der Waals surface area contributed by atoms with Crippen molar-refractivity contribution in [1.29, 1.82) is 0 Å². The van der Waals surface area contributed by atoms with E-state index in [1.165, 1.54) is 0 Å². The molecule has 2 rings (SSSR count). The molecule has 0 radical (unpaired) electrons. The lowest BCUT2D eigenvalue weighted by Crippen LogP contribution is -2.48. The number of aromatic nitrogens is 2. The molecule has 1 atom stereocenters. The van der Waals surface area contributed by atoms with Gasteiger partial charge in [0.25, 0.3) is 0 Å². The normalized spacial score (nSPS) is 21.3. The molecule has 2 heterocycles. The predicted molar refractivity (Wildman–Crippen MR) is 54.6 cm³/mol. The fourth-order valence-electron chi connectivity index (χ4n) is 1.42. The van der Waals surface area contributed by atoms with Gasteiger partial charge in [0.2, 0.25) is 5.91 Å². The number of aromatic amines is 1. The van der Waals surface area contributed by atoms with E-state index in [1.54, 1.807) is 6.20 Å². The number of carbonyl (C=O) groups excluding carboxylic acids is 1. The van der Waals surface area contributed by atoms with Crippen LogP contribution in [-0.2, 0) is 9.53 Å². The van der Waals surface area contributed by atoms with Crippen LogP contribution in [0.1, 0.15) is 5.56 Å². The highest BCUT2D eigenvalue weighted by Crippen LogP contribution is 2.09. The van der Waals surface area contributed by atoms with E-state index in [1.807, 2.05) is 6.92 Å². The first-order chi connectivity index (χ1) is 7.27. The van der Waals surface area contributed by atoms with Crippen LogP contribution < -0.4 is 10.6 Å². The monoisotopic (exact) mass is 210 g/mol. The van der Waals surface area contributed by atoms with Crippen LogP contribution in [0.25, 0.3) is 0 Å². The van der Waals surface area contributed by atoms with Gasteiger partial charge in [0.1, 0.15) is 11.9 Å². The summed E-state index contributed by atoms with van der Waals surface area (Å²) in [7, 11) is 0. The van der Waals surface area contributed by atoms with Crippen LogP contribution in [0.5, 0.6) is 0 Å². The number of ether oxygens (including phenoxy) is 1. The van der Waals surface area contributed by atoms with Crippen molar-refractivity contribution < 1.29 is 9.53 Å². The van der Waals surface area contributed by atoms with Crippen LogP contribution in [0, 0.1) is 6.92 Å². The number of nitrogens with one attached hydrogen (secondary N) is 3. The minimum Gasteiger partial charge on any atom is -0.378 e. The average molecular weight is 210 g/mol. The van der Waals surface area contributed by atoms with Gasteiger partial charge in [-0.2, -0.15) is 5.10 Å². The number of rotatable bonds is 2. The van der Waals surface area contributed by atoms with E-state index in [0.717, 1.165) is 5.56 Å². The number of amides is 1. The maximum absolute atomic E-state index is 11.7. The van der Waals surface area contributed by atoms with E-state index >= 15 is 0 Å². The van der Waals surface area contributed by atoms with Crippen LogP contribution in [0.15, 0.2) is 6.20 Å². The van der Waals surface area contributed by atoms with E-state index in [0.29, 0.717) is 25.6 Å². The number of carbonyl (C=O) groups is 1. The van der Waals surface area contributed by atoms with Gasteiger partial charge in [0, 0.05) is 12.1 Å². The van der Waals surface area contributed by atoms with Crippen molar-refractivity contribution in [2.75, 3.05) is 25.1 Å². The first-order valence-electron chi connectivity index (χ1n) is 4.89. The minimum atomic E-state index is -0.276. The summed E-state index contributed by atoms with van der Waals surface area (Å²) in [6.45, 7) is 3.66. The summed E-state index contributed by atoms with van der Waals surface area (Å²) in [6, 6.07) is -0.276. The van der Waals surface area contributed by atoms with E-state index in [9.17, 15) is 4.79 Å². The molecule has 1 amide bonds. The van der Waals surface area contributed by atoms with E-state index < -0.39 is 0 Å². The van der Waals surface area contributed by atoms with Crippen molar-refractivity contribution in [1.82, 2.24) is 15.5 Å². The zero-order valence-electron chi connectivity index (χ0n) is 8.54. The lowest BCUT2D eigenvalue weighted by Gasteiger charge is -2.22. The number of nitrogens with zero attached hydrogens (tertiary/aromatic N) is 1. The number of H-pyrrole nitrogens is 1. The Balaban J connectivity index is 1.94. The third-order valence-corrected chi connectivity index (χ3v) is 2.32. The smallest absolute Gasteiger partial charge is 0.245 e. The Kier molecular flexibility index (Phi) is 2.98. The molecule has 1 fully saturated rings. The van der Waals surface area contributed by atoms with Gasteiger partial charge in [-0.1, -0.05) is 0 Å². The van der Waals surface area contributed by atoms with Gasteiger partial charge in [-0.3, -0.25) is 9.89 Å². The van der Waals surface area contributed by atoms with Gasteiger partial charge < -0.3 is 15.4 Å². The highest BCUT2D eigenvalue weighted by atomic mass is 16.5. The minimum absolute atomic E-state index is 0.0953. The second-order valence-electron chi connectivity index (χ2n) is 3.50. The van der Waals surface area contributed by atoms with Crippen molar-refractivity contribution in [3.05, 3.63) is 11.8 Å². The largest absolute Gasteiger partial charge is 0.378 e. The molecule has 0 aliphatic carbocycles. The summed E-state index contributed by atoms with van der Waals surface area (Å²) in [4.78, 5) is 11.7. The van der Waals surface area contributed by atoms with Crippen LogP contribution in [0.4, 0.5) is 5.82 Å². The summed E-state index contributed by atoms with van der Waals surface area (Å²) in [5.41, 5.74) is 0.917. The Morgan fingerprint density at radius 1 is 1.73 bits per heavy atom. The summed E-state index contributed by atoms with van der Waals surface area (Å²) >= 11 is 0. The van der Waals surface area contributed by atoms with E-state index in [2.05, 4.69) is 20.8 Å². The van der Waals surface area contributed by atoms with Gasteiger partial charge in [0.15, 0.2) is 0 Å². The van der Waals surface area contributed by atoms with Crippen molar-refractivity contribution in [2.24, 2.45) is 0 Å². The molecule has 0 bridgehead atoms. The van der Waals surface area contributed by atoms with Gasteiger partial charge in [-0.15, -0.1) is 0 Å². The Bertz CT molecular complexity index is 344. The van der Waals surface area contributed by atoms with Gasteiger partial charge >= 0.3 is 0 Å². The van der Waals surface area contributed by atoms with Crippen molar-refractivity contribution in [2.45, 2.75) is 13.0 Å². The lowest BCUT2D eigenvalue weighted by atomic mass is 10.2. The zero-order chi connectivity index (χ0) is 10.7. The summed E-state index contributed by atoms with van der Waals surface area (Å²) in [6.07, 6.45) is 1.67. The molecular formula is C9H14N4O2.